The van der Waals surface area contributed by atoms with Gasteiger partial charge in [0.2, 0.25) is 0 Å². The lowest BCUT2D eigenvalue weighted by Gasteiger charge is -1.97. The Bertz CT molecular complexity index is 676. The summed E-state index contributed by atoms with van der Waals surface area (Å²) in [6, 6.07) is 3.84. The standard InChI is InChI=1S/C14H16N6/c1-3-13-17-14(18-19(13)4-2)11-8-16-20(10-11)12-6-5-7-15-9-12/h5-10H,3-4H2,1-2H3. The van der Waals surface area contributed by atoms with Crippen molar-refractivity contribution < 1.29 is 0 Å². The molecule has 0 radical (unpaired) electrons. The molecule has 0 aliphatic heterocycles. The molecule has 0 saturated carbocycles. The number of hydrogen-bond acceptors (Lipinski definition) is 4. The van der Waals surface area contributed by atoms with E-state index >= 15 is 0 Å². The van der Waals surface area contributed by atoms with Crippen LogP contribution in [0.2, 0.25) is 0 Å². The molecule has 0 bridgehead atoms. The maximum atomic E-state index is 4.56. The minimum Gasteiger partial charge on any atom is -0.262 e. The van der Waals surface area contributed by atoms with Crippen molar-refractivity contribution in [2.24, 2.45) is 0 Å². The summed E-state index contributed by atoms with van der Waals surface area (Å²) in [7, 11) is 0. The fraction of sp³-hybridized carbons (Fsp3) is 0.286. The summed E-state index contributed by atoms with van der Waals surface area (Å²) in [5.74, 6) is 1.72. The third-order valence-electron chi connectivity index (χ3n) is 3.12. The van der Waals surface area contributed by atoms with Gasteiger partial charge in [0.1, 0.15) is 5.82 Å². The molecular weight excluding hydrogens is 252 g/mol. The minimum absolute atomic E-state index is 0.721. The van der Waals surface area contributed by atoms with Crippen LogP contribution < -0.4 is 0 Å². The van der Waals surface area contributed by atoms with E-state index in [1.54, 1.807) is 23.3 Å². The molecule has 6 nitrogen and oxygen atoms in total. The Labute approximate surface area is 117 Å². The van der Waals surface area contributed by atoms with Gasteiger partial charge in [0.15, 0.2) is 5.82 Å². The lowest BCUT2D eigenvalue weighted by atomic mass is 10.3. The number of hydrogen-bond donors (Lipinski definition) is 0. The maximum absolute atomic E-state index is 4.56. The van der Waals surface area contributed by atoms with Crippen LogP contribution in [-0.2, 0) is 13.0 Å². The number of aromatic nitrogens is 6. The van der Waals surface area contributed by atoms with Gasteiger partial charge in [0, 0.05) is 25.4 Å². The van der Waals surface area contributed by atoms with Gasteiger partial charge in [-0.15, -0.1) is 0 Å². The molecule has 3 rings (SSSR count). The SMILES string of the molecule is CCc1nc(-c2cnn(-c3cccnc3)c2)nn1CC. The third-order valence-corrected chi connectivity index (χ3v) is 3.12. The normalized spacial score (nSPS) is 10.9. The van der Waals surface area contributed by atoms with Crippen molar-refractivity contribution in [1.29, 1.82) is 0 Å². The Morgan fingerprint density at radius 1 is 1.20 bits per heavy atom. The lowest BCUT2D eigenvalue weighted by molar-refractivity contribution is 0.621. The second kappa shape index (κ2) is 5.24. The van der Waals surface area contributed by atoms with Crippen LogP contribution in [0.3, 0.4) is 0 Å². The van der Waals surface area contributed by atoms with Gasteiger partial charge >= 0.3 is 0 Å². The molecule has 0 amide bonds. The summed E-state index contributed by atoms with van der Waals surface area (Å²) in [5, 5.41) is 8.85. The fourth-order valence-corrected chi connectivity index (χ4v) is 2.08. The molecule has 3 aromatic heterocycles. The molecule has 3 heterocycles. The summed E-state index contributed by atoms with van der Waals surface area (Å²) in [6.07, 6.45) is 8.09. The van der Waals surface area contributed by atoms with Gasteiger partial charge in [-0.05, 0) is 19.1 Å². The molecule has 0 fully saturated rings. The third kappa shape index (κ3) is 2.20. The van der Waals surface area contributed by atoms with E-state index < -0.39 is 0 Å². The first-order valence-electron chi connectivity index (χ1n) is 6.71. The molecule has 3 aromatic rings. The second-order valence-electron chi connectivity index (χ2n) is 4.41. The summed E-state index contributed by atoms with van der Waals surface area (Å²) in [6.45, 7) is 4.97. The van der Waals surface area contributed by atoms with E-state index in [1.807, 2.05) is 23.0 Å². The van der Waals surface area contributed by atoms with Crippen LogP contribution in [0.5, 0.6) is 0 Å². The molecular formula is C14H16N6. The molecule has 0 saturated heterocycles. The molecule has 0 N–H and O–H groups in total. The number of aryl methyl sites for hydroxylation is 2. The van der Waals surface area contributed by atoms with E-state index in [0.29, 0.717) is 0 Å². The minimum atomic E-state index is 0.721. The molecule has 102 valence electrons. The smallest absolute Gasteiger partial charge is 0.184 e. The van der Waals surface area contributed by atoms with Crippen molar-refractivity contribution in [2.75, 3.05) is 0 Å². The molecule has 0 atom stereocenters. The predicted molar refractivity (Wildman–Crippen MR) is 75.4 cm³/mol. The molecule has 6 heteroatoms. The molecule has 0 aliphatic rings. The van der Waals surface area contributed by atoms with Crippen molar-refractivity contribution in [3.63, 3.8) is 0 Å². The number of nitrogens with zero attached hydrogens (tertiary/aromatic N) is 6. The van der Waals surface area contributed by atoms with Gasteiger partial charge in [0.25, 0.3) is 0 Å². The Balaban J connectivity index is 1.96. The van der Waals surface area contributed by atoms with Crippen LogP contribution in [0.1, 0.15) is 19.7 Å². The van der Waals surface area contributed by atoms with Gasteiger partial charge in [-0.3, -0.25) is 4.98 Å². The van der Waals surface area contributed by atoms with Crippen LogP contribution in [0, 0.1) is 0 Å². The zero-order valence-electron chi connectivity index (χ0n) is 11.6. The van der Waals surface area contributed by atoms with Crippen molar-refractivity contribution in [3.05, 3.63) is 42.7 Å². The Hall–Kier alpha value is -2.50. The first-order valence-corrected chi connectivity index (χ1v) is 6.71. The summed E-state index contributed by atoms with van der Waals surface area (Å²) >= 11 is 0. The highest BCUT2D eigenvalue weighted by molar-refractivity contribution is 5.52. The molecule has 20 heavy (non-hydrogen) atoms. The van der Waals surface area contributed by atoms with E-state index in [4.69, 9.17) is 0 Å². The lowest BCUT2D eigenvalue weighted by Crippen LogP contribution is -2.01. The summed E-state index contributed by atoms with van der Waals surface area (Å²) in [4.78, 5) is 8.65. The molecule has 0 spiro atoms. The van der Waals surface area contributed by atoms with E-state index in [-0.39, 0.29) is 0 Å². The monoisotopic (exact) mass is 268 g/mol. The van der Waals surface area contributed by atoms with Crippen LogP contribution >= 0.6 is 0 Å². The van der Waals surface area contributed by atoms with Crippen molar-refractivity contribution in [1.82, 2.24) is 29.5 Å². The van der Waals surface area contributed by atoms with Crippen molar-refractivity contribution in [2.45, 2.75) is 26.8 Å². The molecule has 0 unspecified atom stereocenters. The fourth-order valence-electron chi connectivity index (χ4n) is 2.08. The van der Waals surface area contributed by atoms with E-state index in [9.17, 15) is 0 Å². The molecule has 0 aromatic carbocycles. The molecule has 0 aliphatic carbocycles. The zero-order valence-corrected chi connectivity index (χ0v) is 11.6. The predicted octanol–water partition coefficient (Wildman–Crippen LogP) is 2.11. The highest BCUT2D eigenvalue weighted by Crippen LogP contribution is 2.17. The van der Waals surface area contributed by atoms with E-state index in [1.165, 1.54) is 0 Å². The second-order valence-corrected chi connectivity index (χ2v) is 4.41. The van der Waals surface area contributed by atoms with Crippen LogP contribution in [0.25, 0.3) is 17.1 Å². The quantitative estimate of drug-likeness (QED) is 0.727. The summed E-state index contributed by atoms with van der Waals surface area (Å²) in [5.41, 5.74) is 1.83. The average molecular weight is 268 g/mol. The maximum Gasteiger partial charge on any atom is 0.184 e. The van der Waals surface area contributed by atoms with Gasteiger partial charge in [-0.2, -0.15) is 10.2 Å². The Morgan fingerprint density at radius 2 is 2.10 bits per heavy atom. The first-order chi connectivity index (χ1) is 9.81. The highest BCUT2D eigenvalue weighted by Gasteiger charge is 2.11. The Morgan fingerprint density at radius 3 is 2.75 bits per heavy atom. The van der Waals surface area contributed by atoms with E-state index in [2.05, 4.69) is 34.0 Å². The van der Waals surface area contributed by atoms with Gasteiger partial charge in [-0.25, -0.2) is 14.3 Å². The number of rotatable bonds is 4. The highest BCUT2D eigenvalue weighted by atomic mass is 15.3. The largest absolute Gasteiger partial charge is 0.262 e. The average Bonchev–Trinajstić information content (AvgIpc) is 3.14. The van der Waals surface area contributed by atoms with Crippen molar-refractivity contribution >= 4 is 0 Å². The Kier molecular flexibility index (Phi) is 3.28. The topological polar surface area (TPSA) is 61.4 Å². The van der Waals surface area contributed by atoms with Gasteiger partial charge in [-0.1, -0.05) is 6.92 Å². The van der Waals surface area contributed by atoms with E-state index in [0.717, 1.165) is 35.9 Å². The van der Waals surface area contributed by atoms with Crippen LogP contribution in [0.4, 0.5) is 0 Å². The summed E-state index contributed by atoms with van der Waals surface area (Å²) < 4.78 is 3.71. The van der Waals surface area contributed by atoms with Gasteiger partial charge in [0.05, 0.1) is 23.6 Å². The van der Waals surface area contributed by atoms with Gasteiger partial charge < -0.3 is 0 Å². The van der Waals surface area contributed by atoms with Crippen LogP contribution in [-0.4, -0.2) is 29.5 Å². The zero-order chi connectivity index (χ0) is 13.9. The van der Waals surface area contributed by atoms with Crippen molar-refractivity contribution in [3.8, 4) is 17.1 Å². The first kappa shape index (κ1) is 12.5. The number of pyridine rings is 1. The van der Waals surface area contributed by atoms with Crippen LogP contribution in [0.15, 0.2) is 36.9 Å².